The number of amides is 1. The van der Waals surface area contributed by atoms with Crippen molar-refractivity contribution in [3.63, 3.8) is 0 Å². The van der Waals surface area contributed by atoms with Gasteiger partial charge in [0, 0.05) is 28.2 Å². The SMILES string of the molecule is CCCCOc1ccc(C2CC(=O)Nc3c(-c4ccccc4)csc32)cc1. The number of rotatable bonds is 6. The van der Waals surface area contributed by atoms with Crippen molar-refractivity contribution in [1.29, 1.82) is 0 Å². The van der Waals surface area contributed by atoms with Gasteiger partial charge in [0.15, 0.2) is 0 Å². The summed E-state index contributed by atoms with van der Waals surface area (Å²) in [4.78, 5) is 13.6. The lowest BCUT2D eigenvalue weighted by Gasteiger charge is -2.24. The van der Waals surface area contributed by atoms with E-state index in [-0.39, 0.29) is 11.8 Å². The predicted molar refractivity (Wildman–Crippen MR) is 112 cm³/mol. The van der Waals surface area contributed by atoms with Gasteiger partial charge in [-0.25, -0.2) is 0 Å². The molecular formula is C23H23NO2S. The van der Waals surface area contributed by atoms with Gasteiger partial charge in [-0.2, -0.15) is 0 Å². The molecule has 4 heteroatoms. The van der Waals surface area contributed by atoms with Gasteiger partial charge >= 0.3 is 0 Å². The van der Waals surface area contributed by atoms with Crippen LogP contribution < -0.4 is 10.1 Å². The lowest BCUT2D eigenvalue weighted by atomic mass is 9.89. The normalized spacial score (nSPS) is 15.9. The Morgan fingerprint density at radius 2 is 1.89 bits per heavy atom. The summed E-state index contributed by atoms with van der Waals surface area (Å²) < 4.78 is 5.76. The molecule has 3 nitrogen and oxygen atoms in total. The van der Waals surface area contributed by atoms with Gasteiger partial charge in [-0.1, -0.05) is 55.8 Å². The number of fused-ring (bicyclic) bond motifs is 1. The first kappa shape index (κ1) is 17.8. The number of benzene rings is 2. The van der Waals surface area contributed by atoms with E-state index in [1.165, 1.54) is 4.88 Å². The minimum atomic E-state index is 0.0753. The van der Waals surface area contributed by atoms with Crippen LogP contribution in [0.25, 0.3) is 11.1 Å². The summed E-state index contributed by atoms with van der Waals surface area (Å²) in [5.41, 5.74) is 4.37. The molecule has 1 unspecified atom stereocenters. The molecule has 1 N–H and O–H groups in total. The van der Waals surface area contributed by atoms with E-state index in [0.29, 0.717) is 6.42 Å². The van der Waals surface area contributed by atoms with E-state index < -0.39 is 0 Å². The Hall–Kier alpha value is -2.59. The Bertz CT molecular complexity index is 915. The second-order valence-electron chi connectivity index (χ2n) is 6.83. The number of anilines is 1. The van der Waals surface area contributed by atoms with Crippen molar-refractivity contribution in [2.24, 2.45) is 0 Å². The van der Waals surface area contributed by atoms with Crippen LogP contribution in [0.4, 0.5) is 5.69 Å². The van der Waals surface area contributed by atoms with Crippen molar-refractivity contribution in [3.8, 4) is 16.9 Å². The fraction of sp³-hybridized carbons (Fsp3) is 0.261. The monoisotopic (exact) mass is 377 g/mol. The molecule has 0 aliphatic carbocycles. The van der Waals surface area contributed by atoms with E-state index in [2.05, 4.69) is 41.9 Å². The van der Waals surface area contributed by atoms with Crippen LogP contribution in [0.2, 0.25) is 0 Å². The van der Waals surface area contributed by atoms with Crippen LogP contribution in [0.1, 0.15) is 42.5 Å². The summed E-state index contributed by atoms with van der Waals surface area (Å²) in [6.45, 7) is 2.90. The molecule has 0 bridgehead atoms. The Morgan fingerprint density at radius 1 is 1.11 bits per heavy atom. The molecule has 0 radical (unpaired) electrons. The van der Waals surface area contributed by atoms with Crippen molar-refractivity contribution < 1.29 is 9.53 Å². The summed E-state index contributed by atoms with van der Waals surface area (Å²) in [5, 5.41) is 5.25. The van der Waals surface area contributed by atoms with E-state index in [9.17, 15) is 4.79 Å². The lowest BCUT2D eigenvalue weighted by molar-refractivity contribution is -0.116. The number of carbonyl (C=O) groups excluding carboxylic acids is 1. The van der Waals surface area contributed by atoms with Crippen molar-refractivity contribution in [1.82, 2.24) is 0 Å². The Kier molecular flexibility index (Phi) is 5.26. The third kappa shape index (κ3) is 3.76. The first-order valence-corrected chi connectivity index (χ1v) is 10.3. The fourth-order valence-electron chi connectivity index (χ4n) is 3.46. The number of thiophene rings is 1. The molecule has 3 aromatic rings. The second kappa shape index (κ2) is 7.97. The largest absolute Gasteiger partial charge is 0.494 e. The van der Waals surface area contributed by atoms with Gasteiger partial charge in [-0.15, -0.1) is 11.3 Å². The van der Waals surface area contributed by atoms with Crippen molar-refractivity contribution in [3.05, 3.63) is 70.4 Å². The standard InChI is InChI=1S/C23H23NO2S/c1-2-3-13-26-18-11-9-17(10-12-18)19-14-21(25)24-22-20(15-27-23(19)22)16-7-5-4-6-8-16/h4-12,15,19H,2-3,13-14H2,1H3,(H,24,25). The molecule has 0 saturated carbocycles. The van der Waals surface area contributed by atoms with Crippen LogP contribution in [0.15, 0.2) is 60.0 Å². The van der Waals surface area contributed by atoms with E-state index in [1.54, 1.807) is 11.3 Å². The topological polar surface area (TPSA) is 38.3 Å². The molecule has 1 amide bonds. The van der Waals surface area contributed by atoms with Gasteiger partial charge in [-0.05, 0) is 29.7 Å². The highest BCUT2D eigenvalue weighted by atomic mass is 32.1. The average molecular weight is 378 g/mol. The number of carbonyl (C=O) groups is 1. The molecule has 0 saturated heterocycles. The van der Waals surface area contributed by atoms with E-state index in [1.807, 2.05) is 30.3 Å². The number of hydrogen-bond donors (Lipinski definition) is 1. The zero-order chi connectivity index (χ0) is 18.6. The number of ether oxygens (including phenoxy) is 1. The fourth-order valence-corrected chi connectivity index (χ4v) is 4.62. The van der Waals surface area contributed by atoms with E-state index >= 15 is 0 Å². The van der Waals surface area contributed by atoms with Crippen molar-refractivity contribution >= 4 is 22.9 Å². The Labute approximate surface area is 164 Å². The molecule has 138 valence electrons. The van der Waals surface area contributed by atoms with Gasteiger partial charge in [0.25, 0.3) is 0 Å². The Balaban J connectivity index is 1.62. The highest BCUT2D eigenvalue weighted by Gasteiger charge is 2.30. The van der Waals surface area contributed by atoms with Crippen LogP contribution >= 0.6 is 11.3 Å². The van der Waals surface area contributed by atoms with Gasteiger partial charge < -0.3 is 10.1 Å². The van der Waals surface area contributed by atoms with Crippen LogP contribution in [-0.4, -0.2) is 12.5 Å². The summed E-state index contributed by atoms with van der Waals surface area (Å²) in [7, 11) is 0. The van der Waals surface area contributed by atoms with Crippen LogP contribution in [0.3, 0.4) is 0 Å². The highest BCUT2D eigenvalue weighted by molar-refractivity contribution is 7.11. The maximum atomic E-state index is 12.4. The van der Waals surface area contributed by atoms with Crippen LogP contribution in [0, 0.1) is 0 Å². The highest BCUT2D eigenvalue weighted by Crippen LogP contribution is 2.46. The molecule has 1 aliphatic rings. The third-order valence-electron chi connectivity index (χ3n) is 4.92. The van der Waals surface area contributed by atoms with Gasteiger partial charge in [0.2, 0.25) is 5.91 Å². The molecule has 2 aromatic carbocycles. The summed E-state index contributed by atoms with van der Waals surface area (Å²) in [6, 6.07) is 18.4. The van der Waals surface area contributed by atoms with Crippen LogP contribution in [0.5, 0.6) is 5.75 Å². The van der Waals surface area contributed by atoms with E-state index in [0.717, 1.165) is 47.6 Å². The lowest BCUT2D eigenvalue weighted by Crippen LogP contribution is -2.22. The summed E-state index contributed by atoms with van der Waals surface area (Å²) in [6.07, 6.45) is 2.67. The van der Waals surface area contributed by atoms with E-state index in [4.69, 9.17) is 4.74 Å². The maximum absolute atomic E-state index is 12.4. The maximum Gasteiger partial charge on any atom is 0.225 e. The second-order valence-corrected chi connectivity index (χ2v) is 7.74. The molecule has 4 rings (SSSR count). The first-order chi connectivity index (χ1) is 13.3. The van der Waals surface area contributed by atoms with Gasteiger partial charge in [0.1, 0.15) is 5.75 Å². The smallest absolute Gasteiger partial charge is 0.225 e. The zero-order valence-electron chi connectivity index (χ0n) is 15.4. The molecule has 1 aromatic heterocycles. The minimum absolute atomic E-state index is 0.0753. The molecule has 2 heterocycles. The summed E-state index contributed by atoms with van der Waals surface area (Å²) >= 11 is 1.73. The molecular weight excluding hydrogens is 354 g/mol. The molecule has 1 atom stereocenters. The van der Waals surface area contributed by atoms with Gasteiger partial charge in [0.05, 0.1) is 12.3 Å². The molecule has 0 fully saturated rings. The third-order valence-corrected chi connectivity index (χ3v) is 6.02. The predicted octanol–water partition coefficient (Wildman–Crippen LogP) is 6.07. The van der Waals surface area contributed by atoms with Gasteiger partial charge in [-0.3, -0.25) is 4.79 Å². The number of nitrogens with one attached hydrogen (secondary N) is 1. The number of hydrogen-bond acceptors (Lipinski definition) is 3. The van der Waals surface area contributed by atoms with Crippen molar-refractivity contribution in [2.45, 2.75) is 32.1 Å². The summed E-state index contributed by atoms with van der Waals surface area (Å²) in [5.74, 6) is 1.07. The first-order valence-electron chi connectivity index (χ1n) is 9.45. The zero-order valence-corrected chi connectivity index (χ0v) is 16.2. The number of unbranched alkanes of at least 4 members (excludes halogenated alkanes) is 1. The average Bonchev–Trinajstić information content (AvgIpc) is 3.12. The molecule has 27 heavy (non-hydrogen) atoms. The quantitative estimate of drug-likeness (QED) is 0.530. The Morgan fingerprint density at radius 3 is 2.63 bits per heavy atom. The van der Waals surface area contributed by atoms with Crippen molar-refractivity contribution in [2.75, 3.05) is 11.9 Å². The minimum Gasteiger partial charge on any atom is -0.494 e. The molecule has 1 aliphatic heterocycles. The molecule has 0 spiro atoms. The van der Waals surface area contributed by atoms with Crippen LogP contribution in [-0.2, 0) is 4.79 Å².